The van der Waals surface area contributed by atoms with Crippen LogP contribution in [0.15, 0.2) is 23.2 Å². The van der Waals surface area contributed by atoms with Gasteiger partial charge in [0.15, 0.2) is 5.17 Å². The largest absolute Gasteiger partial charge is 0.344 e. The minimum atomic E-state index is -0.328. The third kappa shape index (κ3) is 3.75. The summed E-state index contributed by atoms with van der Waals surface area (Å²) in [6.45, 7) is 9.67. The molecule has 1 aliphatic heterocycles. The Kier molecular flexibility index (Phi) is 5.61. The van der Waals surface area contributed by atoms with Crippen LogP contribution in [0.3, 0.4) is 0 Å². The van der Waals surface area contributed by atoms with Crippen LogP contribution in [0.25, 0.3) is 0 Å². The number of benzene rings is 1. The maximum Gasteiger partial charge on any atom is 0.269 e. The number of rotatable bonds is 5. The molecule has 0 atom stereocenters. The van der Waals surface area contributed by atoms with Crippen molar-refractivity contribution in [2.45, 2.75) is 64.8 Å². The molecule has 6 heteroatoms. The van der Waals surface area contributed by atoms with Crippen LogP contribution in [0.2, 0.25) is 0 Å². The molecule has 142 valence electrons. The van der Waals surface area contributed by atoms with Crippen LogP contribution in [0.4, 0.5) is 11.4 Å². The average molecular weight is 376 g/mol. The van der Waals surface area contributed by atoms with E-state index in [1.54, 1.807) is 12.1 Å². The van der Waals surface area contributed by atoms with E-state index in [9.17, 15) is 10.1 Å². The Morgan fingerprint density at radius 1 is 1.27 bits per heavy atom. The highest BCUT2D eigenvalue weighted by Gasteiger charge is 2.46. The standard InChI is InChI=1S/C20H29N3O2S/c1-14(2)12-22-19(26-13-20(22)9-5-6-10-20)21-18-8-7-16(23(24)25)11-17(18)15(3)4/h7-8,11,14-15H,5-6,9-10,12-13H2,1-4H3/b21-19+. The summed E-state index contributed by atoms with van der Waals surface area (Å²) in [6.07, 6.45) is 5.11. The topological polar surface area (TPSA) is 58.7 Å². The lowest BCUT2D eigenvalue weighted by molar-refractivity contribution is -0.384. The van der Waals surface area contributed by atoms with Crippen LogP contribution in [-0.2, 0) is 0 Å². The van der Waals surface area contributed by atoms with Gasteiger partial charge in [-0.1, -0.05) is 52.3 Å². The second-order valence-electron chi connectivity index (χ2n) is 8.27. The smallest absolute Gasteiger partial charge is 0.269 e. The van der Waals surface area contributed by atoms with Crippen LogP contribution < -0.4 is 0 Å². The summed E-state index contributed by atoms with van der Waals surface area (Å²) >= 11 is 1.86. The van der Waals surface area contributed by atoms with E-state index in [0.717, 1.165) is 28.7 Å². The summed E-state index contributed by atoms with van der Waals surface area (Å²) in [5, 5.41) is 12.2. The highest BCUT2D eigenvalue weighted by atomic mass is 32.2. The molecule has 5 nitrogen and oxygen atoms in total. The van der Waals surface area contributed by atoms with Gasteiger partial charge in [0.1, 0.15) is 0 Å². The van der Waals surface area contributed by atoms with E-state index in [4.69, 9.17) is 4.99 Å². The maximum atomic E-state index is 11.1. The lowest BCUT2D eigenvalue weighted by atomic mass is 9.97. The fraction of sp³-hybridized carbons (Fsp3) is 0.650. The van der Waals surface area contributed by atoms with Crippen LogP contribution in [0.5, 0.6) is 0 Å². The van der Waals surface area contributed by atoms with Crippen molar-refractivity contribution in [1.29, 1.82) is 0 Å². The Balaban J connectivity index is 1.99. The van der Waals surface area contributed by atoms with Crippen molar-refractivity contribution < 1.29 is 4.92 Å². The number of non-ortho nitro benzene ring substituents is 1. The Bertz CT molecular complexity index is 709. The molecule has 26 heavy (non-hydrogen) atoms. The van der Waals surface area contributed by atoms with E-state index >= 15 is 0 Å². The number of hydrogen-bond donors (Lipinski definition) is 0. The summed E-state index contributed by atoms with van der Waals surface area (Å²) < 4.78 is 0. The third-order valence-corrected chi connectivity index (χ3v) is 6.67. The highest BCUT2D eigenvalue weighted by molar-refractivity contribution is 8.14. The van der Waals surface area contributed by atoms with Crippen LogP contribution in [0.1, 0.15) is 64.9 Å². The Labute approximate surface area is 160 Å². The fourth-order valence-electron chi connectivity index (χ4n) is 4.06. The second-order valence-corrected chi connectivity index (χ2v) is 9.22. The first-order valence-electron chi connectivity index (χ1n) is 9.60. The first-order chi connectivity index (χ1) is 12.3. The SMILES string of the molecule is CC(C)CN1/C(=N\c2ccc([N+](=O)[O-])cc2C(C)C)SCC12CCCC2. The molecule has 0 amide bonds. The monoisotopic (exact) mass is 375 g/mol. The molecule has 2 fully saturated rings. The van der Waals surface area contributed by atoms with Crippen molar-refractivity contribution in [2.75, 3.05) is 12.3 Å². The molecule has 0 radical (unpaired) electrons. The van der Waals surface area contributed by atoms with Gasteiger partial charge in [0.05, 0.1) is 16.1 Å². The van der Waals surface area contributed by atoms with Gasteiger partial charge in [-0.05, 0) is 36.3 Å². The molecular formula is C20H29N3O2S. The van der Waals surface area contributed by atoms with Gasteiger partial charge in [-0.2, -0.15) is 0 Å². The van der Waals surface area contributed by atoms with Crippen molar-refractivity contribution in [3.63, 3.8) is 0 Å². The molecule has 3 rings (SSSR count). The van der Waals surface area contributed by atoms with E-state index in [2.05, 4.69) is 32.6 Å². The first-order valence-corrected chi connectivity index (χ1v) is 10.6. The summed E-state index contributed by atoms with van der Waals surface area (Å²) in [7, 11) is 0. The molecule has 0 aromatic heterocycles. The number of nitro groups is 1. The molecule has 1 aliphatic carbocycles. The molecule has 1 heterocycles. The highest BCUT2D eigenvalue weighted by Crippen LogP contribution is 2.46. The Morgan fingerprint density at radius 3 is 2.54 bits per heavy atom. The zero-order valence-electron chi connectivity index (χ0n) is 16.2. The number of nitrogens with zero attached hydrogens (tertiary/aromatic N) is 3. The first kappa shape index (κ1) is 19.2. The van der Waals surface area contributed by atoms with Crippen LogP contribution >= 0.6 is 11.8 Å². The summed E-state index contributed by atoms with van der Waals surface area (Å²) in [5.41, 5.74) is 2.23. The third-order valence-electron chi connectivity index (χ3n) is 5.42. The molecule has 0 N–H and O–H groups in total. The molecule has 1 saturated carbocycles. The van der Waals surface area contributed by atoms with Gasteiger partial charge in [0.2, 0.25) is 0 Å². The van der Waals surface area contributed by atoms with Gasteiger partial charge in [0, 0.05) is 24.4 Å². The lowest BCUT2D eigenvalue weighted by Crippen LogP contribution is -2.47. The lowest BCUT2D eigenvalue weighted by Gasteiger charge is -2.37. The Hall–Kier alpha value is -1.56. The number of nitro benzene ring substituents is 1. The molecule has 1 aromatic rings. The normalized spacial score (nSPS) is 20.8. The van der Waals surface area contributed by atoms with E-state index < -0.39 is 0 Å². The molecule has 1 spiro atoms. The van der Waals surface area contributed by atoms with E-state index in [1.807, 2.05) is 17.8 Å². The minimum Gasteiger partial charge on any atom is -0.344 e. The average Bonchev–Trinajstić information content (AvgIpc) is 3.17. The zero-order valence-corrected chi connectivity index (χ0v) is 17.0. The number of aliphatic imine (C=N–C) groups is 1. The predicted molar refractivity (Wildman–Crippen MR) is 109 cm³/mol. The molecule has 1 aromatic carbocycles. The van der Waals surface area contributed by atoms with E-state index in [1.165, 1.54) is 25.7 Å². The van der Waals surface area contributed by atoms with Crippen molar-refractivity contribution >= 4 is 28.3 Å². The maximum absolute atomic E-state index is 11.1. The van der Waals surface area contributed by atoms with Crippen molar-refractivity contribution in [2.24, 2.45) is 10.9 Å². The number of amidine groups is 1. The van der Waals surface area contributed by atoms with Gasteiger partial charge in [-0.25, -0.2) is 4.99 Å². The number of hydrogen-bond acceptors (Lipinski definition) is 4. The molecular weight excluding hydrogens is 346 g/mol. The predicted octanol–water partition coefficient (Wildman–Crippen LogP) is 5.72. The van der Waals surface area contributed by atoms with Crippen molar-refractivity contribution in [3.8, 4) is 0 Å². The molecule has 0 bridgehead atoms. The van der Waals surface area contributed by atoms with E-state index in [-0.39, 0.29) is 22.1 Å². The Morgan fingerprint density at radius 2 is 1.96 bits per heavy atom. The van der Waals surface area contributed by atoms with Gasteiger partial charge in [-0.3, -0.25) is 10.1 Å². The van der Waals surface area contributed by atoms with Crippen LogP contribution in [-0.4, -0.2) is 32.8 Å². The molecule has 1 saturated heterocycles. The minimum absolute atomic E-state index is 0.142. The summed E-state index contributed by atoms with van der Waals surface area (Å²) in [5.74, 6) is 1.89. The van der Waals surface area contributed by atoms with Crippen molar-refractivity contribution in [3.05, 3.63) is 33.9 Å². The molecule has 2 aliphatic rings. The zero-order chi connectivity index (χ0) is 18.9. The van der Waals surface area contributed by atoms with Gasteiger partial charge >= 0.3 is 0 Å². The second kappa shape index (κ2) is 7.59. The van der Waals surface area contributed by atoms with Crippen molar-refractivity contribution in [1.82, 2.24) is 4.90 Å². The molecule has 0 unspecified atom stereocenters. The van der Waals surface area contributed by atoms with Gasteiger partial charge < -0.3 is 4.90 Å². The van der Waals surface area contributed by atoms with Gasteiger partial charge in [-0.15, -0.1) is 0 Å². The van der Waals surface area contributed by atoms with Gasteiger partial charge in [0.25, 0.3) is 5.69 Å². The number of thioether (sulfide) groups is 1. The summed E-state index contributed by atoms with van der Waals surface area (Å²) in [6, 6.07) is 5.07. The van der Waals surface area contributed by atoms with E-state index in [0.29, 0.717) is 5.92 Å². The van der Waals surface area contributed by atoms with Crippen LogP contribution in [0, 0.1) is 16.0 Å². The summed E-state index contributed by atoms with van der Waals surface area (Å²) in [4.78, 5) is 18.4. The quantitative estimate of drug-likeness (QED) is 0.487. The fourth-order valence-corrected chi connectivity index (χ4v) is 5.49.